The van der Waals surface area contributed by atoms with Gasteiger partial charge in [-0.05, 0) is 24.6 Å². The molecular weight excluding hydrogens is 294 g/mol. The smallest absolute Gasteiger partial charge is 0.341 e. The van der Waals surface area contributed by atoms with Crippen LogP contribution in [0.5, 0.6) is 0 Å². The highest BCUT2D eigenvalue weighted by molar-refractivity contribution is 5.93. The van der Waals surface area contributed by atoms with Crippen LogP contribution in [0.2, 0.25) is 0 Å². The molecule has 3 aromatic rings. The third-order valence-electron chi connectivity index (χ3n) is 3.42. The summed E-state index contributed by atoms with van der Waals surface area (Å²) >= 11 is 0. The van der Waals surface area contributed by atoms with Gasteiger partial charge in [0, 0.05) is 11.8 Å². The van der Waals surface area contributed by atoms with Crippen LogP contribution in [0.1, 0.15) is 21.7 Å². The Morgan fingerprint density at radius 3 is 2.78 bits per heavy atom. The minimum absolute atomic E-state index is 0.0221. The molecule has 116 valence electrons. The summed E-state index contributed by atoms with van der Waals surface area (Å²) in [4.78, 5) is 19.9. The number of nitrogens with zero attached hydrogens (tertiary/aromatic N) is 2. The largest absolute Gasteiger partial charge is 0.477 e. The second-order valence-electron chi connectivity index (χ2n) is 5.01. The van der Waals surface area contributed by atoms with Crippen molar-refractivity contribution in [3.63, 3.8) is 0 Å². The molecule has 0 saturated carbocycles. The fourth-order valence-electron chi connectivity index (χ4n) is 2.21. The normalized spacial score (nSPS) is 10.5. The van der Waals surface area contributed by atoms with Crippen LogP contribution in [0.3, 0.4) is 0 Å². The standard InChI is InChI=1S/C17H15N3O3/c1-11-5-2-3-7-13(11)15-19-10-14(17(21)22)16(20-15)18-9-12-6-4-8-23-12/h2-8,10H,9H2,1H3,(H,21,22)(H,18,19,20). The Balaban J connectivity index is 1.96. The van der Waals surface area contributed by atoms with E-state index in [4.69, 9.17) is 4.42 Å². The van der Waals surface area contributed by atoms with Gasteiger partial charge < -0.3 is 14.8 Å². The maximum Gasteiger partial charge on any atom is 0.341 e. The van der Waals surface area contributed by atoms with Gasteiger partial charge in [0.15, 0.2) is 5.82 Å². The summed E-state index contributed by atoms with van der Waals surface area (Å²) < 4.78 is 5.24. The fraction of sp³-hybridized carbons (Fsp3) is 0.118. The first-order valence-corrected chi connectivity index (χ1v) is 7.08. The molecule has 0 spiro atoms. The molecule has 0 unspecified atom stereocenters. The van der Waals surface area contributed by atoms with Gasteiger partial charge in [-0.15, -0.1) is 0 Å². The number of aryl methyl sites for hydroxylation is 1. The second-order valence-corrected chi connectivity index (χ2v) is 5.01. The van der Waals surface area contributed by atoms with E-state index in [1.165, 1.54) is 6.20 Å². The van der Waals surface area contributed by atoms with Gasteiger partial charge in [0.2, 0.25) is 0 Å². The molecule has 3 rings (SSSR count). The zero-order valence-corrected chi connectivity index (χ0v) is 12.5. The predicted octanol–water partition coefficient (Wildman–Crippen LogP) is 3.36. The number of furan rings is 1. The Bertz CT molecular complexity index is 829. The molecule has 0 aliphatic heterocycles. The zero-order chi connectivity index (χ0) is 16.2. The number of rotatable bonds is 5. The fourth-order valence-corrected chi connectivity index (χ4v) is 2.21. The van der Waals surface area contributed by atoms with Crippen LogP contribution in [0.4, 0.5) is 5.82 Å². The summed E-state index contributed by atoms with van der Waals surface area (Å²) in [5, 5.41) is 12.3. The van der Waals surface area contributed by atoms with Crippen LogP contribution in [-0.2, 0) is 6.54 Å². The highest BCUT2D eigenvalue weighted by Crippen LogP contribution is 2.22. The summed E-state index contributed by atoms with van der Waals surface area (Å²) in [6.07, 6.45) is 2.88. The molecule has 0 aliphatic carbocycles. The van der Waals surface area contributed by atoms with Crippen molar-refractivity contribution < 1.29 is 14.3 Å². The van der Waals surface area contributed by atoms with Gasteiger partial charge in [-0.3, -0.25) is 0 Å². The minimum atomic E-state index is -1.08. The zero-order valence-electron chi connectivity index (χ0n) is 12.5. The molecule has 0 saturated heterocycles. The molecule has 6 nitrogen and oxygen atoms in total. The lowest BCUT2D eigenvalue weighted by Crippen LogP contribution is -2.10. The quantitative estimate of drug-likeness (QED) is 0.751. The molecule has 2 N–H and O–H groups in total. The van der Waals surface area contributed by atoms with E-state index < -0.39 is 5.97 Å². The van der Waals surface area contributed by atoms with Gasteiger partial charge in [-0.25, -0.2) is 14.8 Å². The van der Waals surface area contributed by atoms with Crippen molar-refractivity contribution in [3.05, 3.63) is 65.7 Å². The molecular formula is C17H15N3O3. The van der Waals surface area contributed by atoms with Gasteiger partial charge in [0.05, 0.1) is 12.8 Å². The van der Waals surface area contributed by atoms with Crippen molar-refractivity contribution in [2.45, 2.75) is 13.5 Å². The van der Waals surface area contributed by atoms with E-state index in [-0.39, 0.29) is 11.4 Å². The van der Waals surface area contributed by atoms with Gasteiger partial charge in [-0.1, -0.05) is 24.3 Å². The van der Waals surface area contributed by atoms with E-state index in [1.54, 1.807) is 18.4 Å². The molecule has 6 heteroatoms. The number of benzene rings is 1. The Morgan fingerprint density at radius 2 is 2.09 bits per heavy atom. The highest BCUT2D eigenvalue weighted by Gasteiger charge is 2.15. The predicted molar refractivity (Wildman–Crippen MR) is 85.2 cm³/mol. The minimum Gasteiger partial charge on any atom is -0.477 e. The molecule has 0 fully saturated rings. The maximum absolute atomic E-state index is 11.4. The van der Waals surface area contributed by atoms with Crippen LogP contribution in [0.25, 0.3) is 11.4 Å². The molecule has 0 bridgehead atoms. The third kappa shape index (κ3) is 3.21. The number of carboxylic acid groups (broad SMARTS) is 1. The first kappa shape index (κ1) is 14.8. The second kappa shape index (κ2) is 6.31. The number of hydrogen-bond acceptors (Lipinski definition) is 5. The summed E-state index contributed by atoms with van der Waals surface area (Å²) in [7, 11) is 0. The number of hydrogen-bond donors (Lipinski definition) is 2. The average molecular weight is 309 g/mol. The van der Waals surface area contributed by atoms with Gasteiger partial charge in [-0.2, -0.15) is 0 Å². The number of anilines is 1. The molecule has 0 atom stereocenters. The van der Waals surface area contributed by atoms with Gasteiger partial charge >= 0.3 is 5.97 Å². The summed E-state index contributed by atoms with van der Waals surface area (Å²) in [5.74, 6) is 0.359. The van der Waals surface area contributed by atoms with Gasteiger partial charge in [0.25, 0.3) is 0 Å². The third-order valence-corrected chi connectivity index (χ3v) is 3.42. The number of carboxylic acids is 1. The van der Waals surface area contributed by atoms with Crippen LogP contribution >= 0.6 is 0 Å². The first-order valence-electron chi connectivity index (χ1n) is 7.08. The van der Waals surface area contributed by atoms with Crippen molar-refractivity contribution >= 4 is 11.8 Å². The van der Waals surface area contributed by atoms with Crippen LogP contribution in [0, 0.1) is 6.92 Å². The van der Waals surface area contributed by atoms with Crippen LogP contribution < -0.4 is 5.32 Å². The Kier molecular flexibility index (Phi) is 4.05. The van der Waals surface area contributed by atoms with E-state index in [0.29, 0.717) is 18.1 Å². The highest BCUT2D eigenvalue weighted by atomic mass is 16.4. The van der Waals surface area contributed by atoms with Crippen LogP contribution in [-0.4, -0.2) is 21.0 Å². The lowest BCUT2D eigenvalue weighted by Gasteiger charge is -2.10. The van der Waals surface area contributed by atoms with Crippen molar-refractivity contribution in [2.24, 2.45) is 0 Å². The summed E-state index contributed by atoms with van der Waals surface area (Å²) in [5.41, 5.74) is 1.91. The first-order chi connectivity index (χ1) is 11.1. The molecule has 0 amide bonds. The van der Waals surface area contributed by atoms with E-state index in [9.17, 15) is 9.90 Å². The summed E-state index contributed by atoms with van der Waals surface area (Å²) in [6.45, 7) is 2.30. The summed E-state index contributed by atoms with van der Waals surface area (Å²) in [6, 6.07) is 11.3. The molecule has 2 heterocycles. The van der Waals surface area contributed by atoms with Crippen molar-refractivity contribution in [1.82, 2.24) is 9.97 Å². The number of aromatic nitrogens is 2. The molecule has 1 aromatic carbocycles. The number of nitrogens with one attached hydrogen (secondary N) is 1. The van der Waals surface area contributed by atoms with E-state index >= 15 is 0 Å². The SMILES string of the molecule is Cc1ccccc1-c1ncc(C(=O)O)c(NCc2ccco2)n1. The number of carbonyl (C=O) groups is 1. The lowest BCUT2D eigenvalue weighted by atomic mass is 10.1. The number of aromatic carboxylic acids is 1. The van der Waals surface area contributed by atoms with E-state index in [0.717, 1.165) is 11.1 Å². The molecule has 0 radical (unpaired) electrons. The monoisotopic (exact) mass is 309 g/mol. The van der Waals surface area contributed by atoms with E-state index in [2.05, 4.69) is 15.3 Å². The maximum atomic E-state index is 11.4. The van der Waals surface area contributed by atoms with Gasteiger partial charge in [0.1, 0.15) is 17.1 Å². The molecule has 2 aromatic heterocycles. The van der Waals surface area contributed by atoms with Crippen LogP contribution in [0.15, 0.2) is 53.3 Å². The topological polar surface area (TPSA) is 88.2 Å². The van der Waals surface area contributed by atoms with Crippen molar-refractivity contribution in [3.8, 4) is 11.4 Å². The Morgan fingerprint density at radius 1 is 1.26 bits per heavy atom. The average Bonchev–Trinajstić information content (AvgIpc) is 3.06. The van der Waals surface area contributed by atoms with E-state index in [1.807, 2.05) is 31.2 Å². The molecule has 23 heavy (non-hydrogen) atoms. The van der Waals surface area contributed by atoms with Crippen molar-refractivity contribution in [2.75, 3.05) is 5.32 Å². The van der Waals surface area contributed by atoms with Crippen molar-refractivity contribution in [1.29, 1.82) is 0 Å². The Labute approximate surface area is 132 Å². The molecule has 0 aliphatic rings. The lowest BCUT2D eigenvalue weighted by molar-refractivity contribution is 0.0697. The Hall–Kier alpha value is -3.15.